The highest BCUT2D eigenvalue weighted by Gasteiger charge is 2.40. The molecule has 0 bridgehead atoms. The van der Waals surface area contributed by atoms with Gasteiger partial charge in [0.25, 0.3) is 0 Å². The predicted octanol–water partition coefficient (Wildman–Crippen LogP) is 4.38. The quantitative estimate of drug-likeness (QED) is 0.341. The Balaban J connectivity index is 1.73. The van der Waals surface area contributed by atoms with Crippen molar-refractivity contribution in [1.82, 2.24) is 24.4 Å². The van der Waals surface area contributed by atoms with Crippen LogP contribution in [0.5, 0.6) is 11.5 Å². The Hall–Kier alpha value is -4.94. The van der Waals surface area contributed by atoms with Crippen molar-refractivity contribution in [3.05, 3.63) is 76.2 Å². The highest BCUT2D eigenvalue weighted by atomic mass is 19.2. The molecule has 44 heavy (non-hydrogen) atoms. The molecule has 2 aliphatic heterocycles. The number of amides is 1. The van der Waals surface area contributed by atoms with E-state index in [4.69, 9.17) is 4.74 Å². The number of pyridine rings is 2. The van der Waals surface area contributed by atoms with E-state index < -0.39 is 51.9 Å². The molecule has 1 N–H and O–H groups in total. The topological polar surface area (TPSA) is 114 Å². The van der Waals surface area contributed by atoms with Crippen molar-refractivity contribution in [3.8, 4) is 28.4 Å². The van der Waals surface area contributed by atoms with Gasteiger partial charge in [-0.3, -0.25) is 9.78 Å². The van der Waals surface area contributed by atoms with E-state index in [0.29, 0.717) is 23.0 Å². The van der Waals surface area contributed by atoms with Crippen molar-refractivity contribution in [2.45, 2.75) is 45.7 Å². The predicted molar refractivity (Wildman–Crippen MR) is 157 cm³/mol. The van der Waals surface area contributed by atoms with Crippen LogP contribution in [0, 0.1) is 24.4 Å². The van der Waals surface area contributed by atoms with Crippen LogP contribution < -0.4 is 15.3 Å². The van der Waals surface area contributed by atoms with Gasteiger partial charge in [0.2, 0.25) is 5.91 Å². The highest BCUT2D eigenvalue weighted by Crippen LogP contribution is 2.44. The van der Waals surface area contributed by atoms with Gasteiger partial charge in [-0.2, -0.15) is 4.98 Å². The SMILES string of the molecule is C=CC(=O)N1CC2COc3c(F)c(-c4c(O)ccc(F)c4F)nc4c3c(nc(=O)n4-c3c(C)ccnc3C(C)C)N2CC1C. The van der Waals surface area contributed by atoms with Crippen LogP contribution >= 0.6 is 0 Å². The van der Waals surface area contributed by atoms with Crippen molar-refractivity contribution in [2.75, 3.05) is 24.6 Å². The van der Waals surface area contributed by atoms with Gasteiger partial charge in [-0.1, -0.05) is 20.4 Å². The van der Waals surface area contributed by atoms with Crippen LogP contribution in [0.4, 0.5) is 19.0 Å². The number of hydrogen-bond donors (Lipinski definition) is 1. The summed E-state index contributed by atoms with van der Waals surface area (Å²) in [4.78, 5) is 43.3. The monoisotopic (exact) mass is 606 g/mol. The van der Waals surface area contributed by atoms with E-state index >= 15 is 8.78 Å². The van der Waals surface area contributed by atoms with E-state index in [0.717, 1.165) is 6.07 Å². The second kappa shape index (κ2) is 10.6. The first kappa shape index (κ1) is 29.1. The average molecular weight is 607 g/mol. The molecule has 0 spiro atoms. The number of phenols is 1. The summed E-state index contributed by atoms with van der Waals surface area (Å²) < 4.78 is 53.3. The molecule has 2 atom stereocenters. The van der Waals surface area contributed by atoms with Crippen LogP contribution in [0.25, 0.3) is 28.0 Å². The van der Waals surface area contributed by atoms with Crippen molar-refractivity contribution < 1.29 is 27.8 Å². The third kappa shape index (κ3) is 4.37. The maximum atomic E-state index is 16.5. The van der Waals surface area contributed by atoms with Gasteiger partial charge >= 0.3 is 5.69 Å². The molecule has 228 valence electrons. The van der Waals surface area contributed by atoms with Crippen LogP contribution in [0.2, 0.25) is 0 Å². The molecule has 1 amide bonds. The van der Waals surface area contributed by atoms with Crippen molar-refractivity contribution in [2.24, 2.45) is 0 Å². The van der Waals surface area contributed by atoms with Crippen LogP contribution in [0.15, 0.2) is 41.8 Å². The van der Waals surface area contributed by atoms with Gasteiger partial charge in [0, 0.05) is 25.3 Å². The molecule has 5 heterocycles. The Morgan fingerprint density at radius 1 is 1.16 bits per heavy atom. The van der Waals surface area contributed by atoms with Crippen LogP contribution in [0.1, 0.15) is 37.9 Å². The average Bonchev–Trinajstić information content (AvgIpc) is 3.14. The molecular weight excluding hydrogens is 577 g/mol. The Bertz CT molecular complexity index is 1930. The number of aryl methyl sites for hydroxylation is 1. The number of aromatic nitrogens is 4. The number of anilines is 1. The molecule has 0 saturated carbocycles. The molecule has 0 radical (unpaired) electrons. The van der Waals surface area contributed by atoms with Gasteiger partial charge in [-0.05, 0) is 49.6 Å². The number of fused-ring (bicyclic) bond motifs is 2. The van der Waals surface area contributed by atoms with Crippen LogP contribution in [-0.2, 0) is 4.79 Å². The second-order valence-corrected chi connectivity index (χ2v) is 11.3. The molecule has 13 heteroatoms. The largest absolute Gasteiger partial charge is 0.507 e. The Kier molecular flexibility index (Phi) is 7.05. The fraction of sp³-hybridized carbons (Fsp3) is 0.323. The van der Waals surface area contributed by atoms with Gasteiger partial charge < -0.3 is 19.6 Å². The van der Waals surface area contributed by atoms with E-state index in [2.05, 4.69) is 21.5 Å². The molecule has 10 nitrogen and oxygen atoms in total. The number of carbonyl (C=O) groups is 1. The lowest BCUT2D eigenvalue weighted by Crippen LogP contribution is -2.60. The number of halogens is 3. The minimum Gasteiger partial charge on any atom is -0.507 e. The summed E-state index contributed by atoms with van der Waals surface area (Å²) in [6.07, 6.45) is 2.80. The standard InChI is InChI=1S/C31H29F3N6O4/c1-6-20(42)38-12-17-13-44-28-22-29(39(17)11-16(38)5)37-31(43)40(27-15(4)9-10-35-25(27)14(2)3)30(22)36-26(24(28)34)21-19(41)8-7-18(32)23(21)33/h6-10,14,16-17,41H,1,11-13H2,2-5H3. The molecule has 6 rings (SSSR count). The summed E-state index contributed by atoms with van der Waals surface area (Å²) in [5.41, 5.74) is -0.996. The van der Waals surface area contributed by atoms with Crippen molar-refractivity contribution in [1.29, 1.82) is 0 Å². The minimum atomic E-state index is -1.52. The summed E-state index contributed by atoms with van der Waals surface area (Å²) in [5, 5.41) is 10.6. The number of benzene rings is 1. The number of piperazine rings is 1. The zero-order valence-electron chi connectivity index (χ0n) is 24.4. The summed E-state index contributed by atoms with van der Waals surface area (Å²) in [6, 6.07) is 2.40. The molecule has 2 aliphatic rings. The van der Waals surface area contributed by atoms with E-state index in [-0.39, 0.29) is 54.4 Å². The zero-order valence-corrected chi connectivity index (χ0v) is 24.4. The lowest BCUT2D eigenvalue weighted by atomic mass is 10.0. The second-order valence-electron chi connectivity index (χ2n) is 11.3. The fourth-order valence-electron chi connectivity index (χ4n) is 5.99. The van der Waals surface area contributed by atoms with Gasteiger partial charge in [-0.15, -0.1) is 0 Å². The number of phenolic OH excluding ortho intramolecular Hbond substituents is 1. The van der Waals surface area contributed by atoms with Crippen molar-refractivity contribution in [3.63, 3.8) is 0 Å². The smallest absolute Gasteiger partial charge is 0.355 e. The van der Waals surface area contributed by atoms with E-state index in [9.17, 15) is 19.1 Å². The van der Waals surface area contributed by atoms with Crippen molar-refractivity contribution >= 4 is 22.8 Å². The fourth-order valence-corrected chi connectivity index (χ4v) is 5.99. The van der Waals surface area contributed by atoms with Gasteiger partial charge in [-0.25, -0.2) is 27.5 Å². The zero-order chi connectivity index (χ0) is 31.6. The molecule has 4 aromatic rings. The number of nitrogens with zero attached hydrogens (tertiary/aromatic N) is 6. The summed E-state index contributed by atoms with van der Waals surface area (Å²) in [6.45, 7) is 11.2. The first-order chi connectivity index (χ1) is 20.9. The number of ether oxygens (including phenoxy) is 1. The van der Waals surface area contributed by atoms with Gasteiger partial charge in [0.1, 0.15) is 29.3 Å². The summed E-state index contributed by atoms with van der Waals surface area (Å²) in [7, 11) is 0. The normalized spacial score (nSPS) is 17.8. The molecule has 1 aromatic carbocycles. The molecule has 1 saturated heterocycles. The Labute approximate surface area is 250 Å². The third-order valence-corrected chi connectivity index (χ3v) is 8.13. The molecule has 3 aromatic heterocycles. The lowest BCUT2D eigenvalue weighted by Gasteiger charge is -2.44. The molecular formula is C31H29F3N6O4. The highest BCUT2D eigenvalue weighted by molar-refractivity contribution is 5.97. The van der Waals surface area contributed by atoms with Gasteiger partial charge in [0.15, 0.2) is 28.8 Å². The maximum Gasteiger partial charge on any atom is 0.355 e. The first-order valence-electron chi connectivity index (χ1n) is 14.1. The summed E-state index contributed by atoms with van der Waals surface area (Å²) >= 11 is 0. The number of aromatic hydroxyl groups is 1. The first-order valence-corrected chi connectivity index (χ1v) is 14.1. The van der Waals surface area contributed by atoms with E-state index in [1.165, 1.54) is 10.6 Å². The third-order valence-electron chi connectivity index (χ3n) is 8.13. The van der Waals surface area contributed by atoms with Crippen LogP contribution in [0.3, 0.4) is 0 Å². The van der Waals surface area contributed by atoms with E-state index in [1.807, 2.05) is 20.8 Å². The van der Waals surface area contributed by atoms with Gasteiger partial charge in [0.05, 0.1) is 23.0 Å². The van der Waals surface area contributed by atoms with Crippen LogP contribution in [-0.4, -0.2) is 67.2 Å². The Morgan fingerprint density at radius 2 is 1.91 bits per heavy atom. The lowest BCUT2D eigenvalue weighted by molar-refractivity contribution is -0.129. The summed E-state index contributed by atoms with van der Waals surface area (Å²) in [5.74, 6) is -5.58. The van der Waals surface area contributed by atoms with E-state index in [1.54, 1.807) is 29.0 Å². The molecule has 1 fully saturated rings. The maximum absolute atomic E-state index is 16.5. The number of carbonyl (C=O) groups excluding carboxylic acids is 1. The molecule has 0 aliphatic carbocycles. The Morgan fingerprint density at radius 3 is 2.61 bits per heavy atom. The number of hydrogen-bond acceptors (Lipinski definition) is 8. The number of rotatable bonds is 4. The molecule has 2 unspecified atom stereocenters. The minimum absolute atomic E-state index is 0.0262.